The smallest absolute Gasteiger partial charge is 0.224 e. The SMILES string of the molecule is CCCCNc1nccc(N2CCN(c3cccc(Cl)c3)CC2)n1. The van der Waals surface area contributed by atoms with Crippen molar-refractivity contribution in [1.82, 2.24) is 9.97 Å². The molecule has 1 aliphatic rings. The van der Waals surface area contributed by atoms with Crippen LogP contribution in [0.5, 0.6) is 0 Å². The third kappa shape index (κ3) is 4.29. The summed E-state index contributed by atoms with van der Waals surface area (Å²) in [5.41, 5.74) is 1.19. The molecule has 2 aromatic rings. The fraction of sp³-hybridized carbons (Fsp3) is 0.444. The van der Waals surface area contributed by atoms with Crippen molar-refractivity contribution in [2.24, 2.45) is 0 Å². The second kappa shape index (κ2) is 8.20. The second-order valence-corrected chi connectivity index (χ2v) is 6.41. The van der Waals surface area contributed by atoms with E-state index in [4.69, 9.17) is 11.6 Å². The van der Waals surface area contributed by atoms with Crippen LogP contribution in [0.25, 0.3) is 0 Å². The molecule has 24 heavy (non-hydrogen) atoms. The van der Waals surface area contributed by atoms with Crippen LogP contribution in [-0.2, 0) is 0 Å². The molecule has 0 spiro atoms. The highest BCUT2D eigenvalue weighted by Gasteiger charge is 2.18. The van der Waals surface area contributed by atoms with Crippen molar-refractivity contribution in [3.8, 4) is 0 Å². The van der Waals surface area contributed by atoms with Gasteiger partial charge in [-0.25, -0.2) is 4.98 Å². The highest BCUT2D eigenvalue weighted by molar-refractivity contribution is 6.30. The van der Waals surface area contributed by atoms with E-state index in [1.165, 1.54) is 5.69 Å². The van der Waals surface area contributed by atoms with Crippen molar-refractivity contribution in [3.05, 3.63) is 41.6 Å². The lowest BCUT2D eigenvalue weighted by Gasteiger charge is -2.36. The summed E-state index contributed by atoms with van der Waals surface area (Å²) >= 11 is 6.10. The van der Waals surface area contributed by atoms with E-state index in [1.54, 1.807) is 0 Å². The van der Waals surface area contributed by atoms with Crippen molar-refractivity contribution < 1.29 is 0 Å². The summed E-state index contributed by atoms with van der Waals surface area (Å²) in [7, 11) is 0. The number of anilines is 3. The third-order valence-corrected chi connectivity index (χ3v) is 4.47. The number of piperazine rings is 1. The number of nitrogens with one attached hydrogen (secondary N) is 1. The fourth-order valence-electron chi connectivity index (χ4n) is 2.85. The lowest BCUT2D eigenvalue weighted by molar-refractivity contribution is 0.647. The average Bonchev–Trinajstić information content (AvgIpc) is 2.62. The first-order chi connectivity index (χ1) is 11.8. The van der Waals surface area contributed by atoms with E-state index in [1.807, 2.05) is 30.5 Å². The van der Waals surface area contributed by atoms with Crippen LogP contribution < -0.4 is 15.1 Å². The summed E-state index contributed by atoms with van der Waals surface area (Å²) in [5, 5.41) is 4.08. The lowest BCUT2D eigenvalue weighted by Crippen LogP contribution is -2.46. The highest BCUT2D eigenvalue weighted by Crippen LogP contribution is 2.22. The van der Waals surface area contributed by atoms with Gasteiger partial charge in [-0.15, -0.1) is 0 Å². The van der Waals surface area contributed by atoms with Gasteiger partial charge in [0, 0.05) is 49.6 Å². The molecule has 1 fully saturated rings. The van der Waals surface area contributed by atoms with Crippen LogP contribution in [0, 0.1) is 0 Å². The van der Waals surface area contributed by atoms with Crippen LogP contribution in [0.4, 0.5) is 17.5 Å². The third-order valence-electron chi connectivity index (χ3n) is 4.23. The molecule has 128 valence electrons. The summed E-state index contributed by atoms with van der Waals surface area (Å²) in [6.45, 7) is 6.91. The molecule has 1 aromatic carbocycles. The number of nitrogens with zero attached hydrogens (tertiary/aromatic N) is 4. The van der Waals surface area contributed by atoms with Gasteiger partial charge in [0.25, 0.3) is 0 Å². The molecule has 1 aromatic heterocycles. The van der Waals surface area contributed by atoms with Gasteiger partial charge in [-0.1, -0.05) is 31.0 Å². The second-order valence-electron chi connectivity index (χ2n) is 5.97. The molecule has 0 atom stereocenters. The van der Waals surface area contributed by atoms with Crippen LogP contribution in [0.3, 0.4) is 0 Å². The molecular weight excluding hydrogens is 322 g/mol. The molecule has 6 heteroatoms. The number of rotatable bonds is 6. The van der Waals surface area contributed by atoms with Crippen LogP contribution >= 0.6 is 11.6 Å². The van der Waals surface area contributed by atoms with E-state index in [0.29, 0.717) is 0 Å². The molecule has 3 rings (SSSR count). The molecular formula is C18H24ClN5. The minimum absolute atomic E-state index is 0.721. The molecule has 1 saturated heterocycles. The van der Waals surface area contributed by atoms with Crippen molar-refractivity contribution in [1.29, 1.82) is 0 Å². The van der Waals surface area contributed by atoms with Gasteiger partial charge in [0.1, 0.15) is 5.82 Å². The lowest BCUT2D eigenvalue weighted by atomic mass is 10.2. The summed E-state index contributed by atoms with van der Waals surface area (Å²) in [6.07, 6.45) is 4.13. The predicted octanol–water partition coefficient (Wildman–Crippen LogP) is 3.67. The van der Waals surface area contributed by atoms with Gasteiger partial charge in [-0.2, -0.15) is 4.98 Å². The Morgan fingerprint density at radius 1 is 1.12 bits per heavy atom. The van der Waals surface area contributed by atoms with E-state index < -0.39 is 0 Å². The Labute approximate surface area is 148 Å². The Morgan fingerprint density at radius 2 is 1.92 bits per heavy atom. The molecule has 0 aliphatic carbocycles. The Hall–Kier alpha value is -2.01. The van der Waals surface area contributed by atoms with Crippen molar-refractivity contribution in [2.45, 2.75) is 19.8 Å². The van der Waals surface area contributed by atoms with Gasteiger partial charge in [0.05, 0.1) is 0 Å². The van der Waals surface area contributed by atoms with Gasteiger partial charge in [-0.05, 0) is 30.7 Å². The largest absolute Gasteiger partial charge is 0.368 e. The summed E-state index contributed by atoms with van der Waals surface area (Å²) < 4.78 is 0. The summed E-state index contributed by atoms with van der Waals surface area (Å²) in [5.74, 6) is 1.72. The molecule has 1 N–H and O–H groups in total. The fourth-order valence-corrected chi connectivity index (χ4v) is 3.04. The van der Waals surface area contributed by atoms with Gasteiger partial charge < -0.3 is 15.1 Å². The molecule has 0 radical (unpaired) electrons. The Bertz CT molecular complexity index is 655. The topological polar surface area (TPSA) is 44.3 Å². The normalized spacial score (nSPS) is 14.8. The number of benzene rings is 1. The average molecular weight is 346 g/mol. The first-order valence-electron chi connectivity index (χ1n) is 8.58. The first kappa shape index (κ1) is 16.8. The Kier molecular flexibility index (Phi) is 5.75. The van der Waals surface area contributed by atoms with E-state index in [2.05, 4.69) is 38.1 Å². The Morgan fingerprint density at radius 3 is 2.67 bits per heavy atom. The summed E-state index contributed by atoms with van der Waals surface area (Å²) in [6, 6.07) is 10.0. The molecule has 0 amide bonds. The standard InChI is InChI=1S/C18H24ClN5/c1-2-3-8-20-18-21-9-7-17(22-18)24-12-10-23(11-13-24)16-6-4-5-15(19)14-16/h4-7,9,14H,2-3,8,10-13H2,1H3,(H,20,21,22). The van der Waals surface area contributed by atoms with Gasteiger partial charge >= 0.3 is 0 Å². The van der Waals surface area contributed by atoms with E-state index in [9.17, 15) is 0 Å². The number of unbranched alkanes of at least 4 members (excludes halogenated alkanes) is 1. The van der Waals surface area contributed by atoms with Crippen molar-refractivity contribution in [2.75, 3.05) is 47.8 Å². The molecule has 0 unspecified atom stereocenters. The number of hydrogen-bond acceptors (Lipinski definition) is 5. The van der Waals surface area contributed by atoms with E-state index in [-0.39, 0.29) is 0 Å². The van der Waals surface area contributed by atoms with Gasteiger partial charge in [0.2, 0.25) is 5.95 Å². The maximum Gasteiger partial charge on any atom is 0.224 e. The minimum Gasteiger partial charge on any atom is -0.368 e. The van der Waals surface area contributed by atoms with Crippen LogP contribution in [0.2, 0.25) is 5.02 Å². The van der Waals surface area contributed by atoms with Crippen molar-refractivity contribution in [3.63, 3.8) is 0 Å². The predicted molar refractivity (Wildman–Crippen MR) is 101 cm³/mol. The summed E-state index contributed by atoms with van der Waals surface area (Å²) in [4.78, 5) is 13.6. The molecule has 0 saturated carbocycles. The molecule has 0 bridgehead atoms. The zero-order valence-electron chi connectivity index (χ0n) is 14.1. The quantitative estimate of drug-likeness (QED) is 0.809. The zero-order chi connectivity index (χ0) is 16.8. The maximum atomic E-state index is 6.10. The number of aromatic nitrogens is 2. The number of hydrogen-bond donors (Lipinski definition) is 1. The molecule has 1 aliphatic heterocycles. The van der Waals surface area contributed by atoms with Crippen LogP contribution in [0.1, 0.15) is 19.8 Å². The zero-order valence-corrected chi connectivity index (χ0v) is 14.8. The van der Waals surface area contributed by atoms with Crippen LogP contribution in [-0.4, -0.2) is 42.7 Å². The van der Waals surface area contributed by atoms with Gasteiger partial charge in [0.15, 0.2) is 0 Å². The molecule has 5 nitrogen and oxygen atoms in total. The monoisotopic (exact) mass is 345 g/mol. The molecule has 2 heterocycles. The van der Waals surface area contributed by atoms with Crippen LogP contribution in [0.15, 0.2) is 36.5 Å². The van der Waals surface area contributed by atoms with E-state index >= 15 is 0 Å². The maximum absolute atomic E-state index is 6.10. The van der Waals surface area contributed by atoms with Gasteiger partial charge in [-0.3, -0.25) is 0 Å². The van der Waals surface area contributed by atoms with Crippen molar-refractivity contribution >= 4 is 29.1 Å². The van der Waals surface area contributed by atoms with E-state index in [0.717, 1.165) is 62.4 Å². The Balaban J connectivity index is 1.59. The first-order valence-corrected chi connectivity index (χ1v) is 8.96. The number of halogens is 1. The minimum atomic E-state index is 0.721. The highest BCUT2D eigenvalue weighted by atomic mass is 35.5.